The molecule has 3 rings (SSSR count). The average molecular weight is 417 g/mol. The molecule has 2 aromatic carbocycles. The first kappa shape index (κ1) is 20.7. The van der Waals surface area contributed by atoms with Crippen LogP contribution >= 0.6 is 23.5 Å². The zero-order valence-corrected chi connectivity index (χ0v) is 17.9. The molecule has 0 bridgehead atoms. The maximum atomic E-state index is 13.4. The molecule has 0 N–H and O–H groups in total. The maximum absolute atomic E-state index is 13.4. The molecule has 0 radical (unpaired) electrons. The van der Waals surface area contributed by atoms with Gasteiger partial charge in [0.25, 0.3) is 0 Å². The van der Waals surface area contributed by atoms with Crippen molar-refractivity contribution in [2.45, 2.75) is 11.0 Å². The van der Waals surface area contributed by atoms with Gasteiger partial charge in [0.15, 0.2) is 17.3 Å². The van der Waals surface area contributed by atoms with Crippen LogP contribution in [0.3, 0.4) is 0 Å². The molecule has 1 aliphatic heterocycles. The minimum Gasteiger partial charge on any atom is -0.497 e. The van der Waals surface area contributed by atoms with Crippen LogP contribution in [0.25, 0.3) is 11.6 Å². The number of ether oxygens (including phenoxy) is 3. The fourth-order valence-corrected chi connectivity index (χ4v) is 5.69. The number of methoxy groups -OCH3 is 3. The van der Waals surface area contributed by atoms with Crippen LogP contribution in [0.1, 0.15) is 17.5 Å². The van der Waals surface area contributed by atoms with E-state index >= 15 is 0 Å². The predicted molar refractivity (Wildman–Crippen MR) is 119 cm³/mol. The lowest BCUT2D eigenvalue weighted by atomic mass is 9.99. The van der Waals surface area contributed by atoms with Crippen LogP contribution in [-0.4, -0.2) is 43.2 Å². The summed E-state index contributed by atoms with van der Waals surface area (Å²) in [5, 5.41) is 0. The van der Waals surface area contributed by atoms with Crippen molar-refractivity contribution in [3.8, 4) is 17.2 Å². The molecule has 0 amide bonds. The summed E-state index contributed by atoms with van der Waals surface area (Å²) in [5.41, 5.74) is 2.45. The minimum absolute atomic E-state index is 0.0775. The highest BCUT2D eigenvalue weighted by Gasteiger charge is 2.26. The molecular formula is C22H24O4S2. The second-order valence-electron chi connectivity index (χ2n) is 6.19. The van der Waals surface area contributed by atoms with E-state index in [2.05, 4.69) is 0 Å². The number of rotatable bonds is 7. The van der Waals surface area contributed by atoms with E-state index < -0.39 is 0 Å². The highest BCUT2D eigenvalue weighted by atomic mass is 32.2. The van der Waals surface area contributed by atoms with Crippen molar-refractivity contribution >= 4 is 41.0 Å². The van der Waals surface area contributed by atoms with Gasteiger partial charge in [-0.1, -0.05) is 18.2 Å². The van der Waals surface area contributed by atoms with Crippen LogP contribution in [0.15, 0.2) is 42.5 Å². The Morgan fingerprint density at radius 3 is 2.21 bits per heavy atom. The Labute approximate surface area is 174 Å². The Kier molecular flexibility index (Phi) is 7.34. The zero-order valence-electron chi connectivity index (χ0n) is 16.3. The minimum atomic E-state index is -0.0775. The van der Waals surface area contributed by atoms with Crippen molar-refractivity contribution in [3.05, 3.63) is 53.6 Å². The molecule has 28 heavy (non-hydrogen) atoms. The summed E-state index contributed by atoms with van der Waals surface area (Å²) < 4.78 is 15.9. The first-order valence-corrected chi connectivity index (χ1v) is 11.1. The van der Waals surface area contributed by atoms with Crippen LogP contribution in [-0.2, 0) is 4.79 Å². The van der Waals surface area contributed by atoms with Crippen LogP contribution in [0.2, 0.25) is 0 Å². The van der Waals surface area contributed by atoms with E-state index in [9.17, 15) is 4.79 Å². The summed E-state index contributed by atoms with van der Waals surface area (Å²) in [6, 6.07) is 13.3. The number of hydrogen-bond donors (Lipinski definition) is 0. The Hall–Kier alpha value is -2.05. The molecule has 1 heterocycles. The number of carbonyl (C=O) groups is 1. The Morgan fingerprint density at radius 1 is 0.929 bits per heavy atom. The van der Waals surface area contributed by atoms with Gasteiger partial charge in [0.2, 0.25) is 0 Å². The lowest BCUT2D eigenvalue weighted by Crippen LogP contribution is -2.19. The first-order chi connectivity index (χ1) is 13.7. The molecule has 4 nitrogen and oxygen atoms in total. The maximum Gasteiger partial charge on any atom is 0.186 e. The van der Waals surface area contributed by atoms with E-state index in [1.54, 1.807) is 44.9 Å². The monoisotopic (exact) mass is 416 g/mol. The fraction of sp³-hybridized carbons (Fsp3) is 0.318. The van der Waals surface area contributed by atoms with E-state index in [1.165, 1.54) is 0 Å². The summed E-state index contributed by atoms with van der Waals surface area (Å²) >= 11 is 3.45. The highest BCUT2D eigenvalue weighted by Crippen LogP contribution is 2.37. The molecule has 6 heteroatoms. The second kappa shape index (κ2) is 9.94. The van der Waals surface area contributed by atoms with E-state index in [4.69, 9.17) is 14.2 Å². The lowest BCUT2D eigenvalue weighted by molar-refractivity contribution is -0.112. The smallest absolute Gasteiger partial charge is 0.186 e. The number of hydrogen-bond acceptors (Lipinski definition) is 6. The molecule has 0 saturated carbocycles. The Morgan fingerprint density at radius 2 is 1.61 bits per heavy atom. The molecule has 1 aliphatic rings. The van der Waals surface area contributed by atoms with Crippen molar-refractivity contribution in [1.29, 1.82) is 0 Å². The van der Waals surface area contributed by atoms with Crippen molar-refractivity contribution < 1.29 is 19.0 Å². The van der Waals surface area contributed by atoms with E-state index in [-0.39, 0.29) is 10.4 Å². The molecule has 1 saturated heterocycles. The molecule has 0 aliphatic carbocycles. The van der Waals surface area contributed by atoms with Crippen LogP contribution in [0, 0.1) is 0 Å². The van der Waals surface area contributed by atoms with Gasteiger partial charge < -0.3 is 14.2 Å². The van der Waals surface area contributed by atoms with Gasteiger partial charge in [-0.2, -0.15) is 0 Å². The first-order valence-electron chi connectivity index (χ1n) is 9.02. The topological polar surface area (TPSA) is 44.8 Å². The predicted octanol–water partition coefficient (Wildman–Crippen LogP) is 5.02. The number of Topliss-reactive ketones (excluding diaryl/α,β-unsaturated/α-hetero) is 1. The molecule has 148 valence electrons. The van der Waals surface area contributed by atoms with Crippen molar-refractivity contribution in [3.63, 3.8) is 0 Å². The molecule has 0 atom stereocenters. The Balaban J connectivity index is 2.02. The largest absolute Gasteiger partial charge is 0.497 e. The quantitative estimate of drug-likeness (QED) is 0.467. The summed E-state index contributed by atoms with van der Waals surface area (Å²) in [4.78, 5) is 13.4. The average Bonchev–Trinajstić information content (AvgIpc) is 2.77. The molecule has 1 fully saturated rings. The van der Waals surface area contributed by atoms with Gasteiger partial charge >= 0.3 is 0 Å². The Bertz CT molecular complexity index is 840. The van der Waals surface area contributed by atoms with Crippen molar-refractivity contribution in [1.82, 2.24) is 0 Å². The van der Waals surface area contributed by atoms with E-state index in [1.807, 2.05) is 48.5 Å². The fourth-order valence-electron chi connectivity index (χ4n) is 2.93. The van der Waals surface area contributed by atoms with Gasteiger partial charge in [-0.25, -0.2) is 0 Å². The molecular weight excluding hydrogens is 392 g/mol. The van der Waals surface area contributed by atoms with Crippen LogP contribution < -0.4 is 14.2 Å². The third-order valence-corrected chi connectivity index (χ3v) is 7.33. The number of allylic oxidation sites excluding steroid dienone is 1. The summed E-state index contributed by atoms with van der Waals surface area (Å²) in [6.07, 6.45) is 3.09. The number of carbonyl (C=O) groups excluding carboxylic acids is 1. The van der Waals surface area contributed by atoms with Gasteiger partial charge in [-0.15, -0.1) is 23.5 Å². The number of benzene rings is 2. The summed E-state index contributed by atoms with van der Waals surface area (Å²) in [7, 11) is 4.84. The number of ketones is 1. The van der Waals surface area contributed by atoms with Crippen LogP contribution in [0.4, 0.5) is 0 Å². The van der Waals surface area contributed by atoms with Gasteiger partial charge in [-0.05, 0) is 59.4 Å². The molecule has 2 aromatic rings. The SMILES string of the molecule is COc1ccc(C=C(C(=O)C2SCCCS2)c2ccc(OC)c(OC)c2)cc1. The standard InChI is InChI=1S/C22H24O4S2/c1-24-17-8-5-15(6-9-17)13-18(21(23)22-27-11-4-12-28-22)16-7-10-19(25-2)20(14-16)26-3/h5-10,13-14,22H,4,11-12H2,1-3H3. The molecule has 0 aromatic heterocycles. The normalized spacial score (nSPS) is 15.2. The van der Waals surface area contributed by atoms with Crippen molar-refractivity contribution in [2.24, 2.45) is 0 Å². The summed E-state index contributed by atoms with van der Waals surface area (Å²) in [6.45, 7) is 0. The van der Waals surface area contributed by atoms with Gasteiger partial charge in [-0.3, -0.25) is 4.79 Å². The van der Waals surface area contributed by atoms with E-state index in [0.29, 0.717) is 17.1 Å². The van der Waals surface area contributed by atoms with E-state index in [0.717, 1.165) is 34.8 Å². The third-order valence-electron chi connectivity index (χ3n) is 4.43. The second-order valence-corrected chi connectivity index (χ2v) is 8.92. The lowest BCUT2D eigenvalue weighted by Gasteiger charge is -2.21. The van der Waals surface area contributed by atoms with Gasteiger partial charge in [0.05, 0.1) is 21.3 Å². The third kappa shape index (κ3) is 4.86. The van der Waals surface area contributed by atoms with Gasteiger partial charge in [0, 0.05) is 5.57 Å². The number of thioether (sulfide) groups is 2. The molecule has 0 spiro atoms. The zero-order chi connectivity index (χ0) is 19.9. The van der Waals surface area contributed by atoms with Gasteiger partial charge in [0.1, 0.15) is 10.3 Å². The van der Waals surface area contributed by atoms with Crippen LogP contribution in [0.5, 0.6) is 17.2 Å². The summed E-state index contributed by atoms with van der Waals surface area (Å²) in [5.74, 6) is 4.21. The van der Waals surface area contributed by atoms with Crippen molar-refractivity contribution in [2.75, 3.05) is 32.8 Å². The highest BCUT2D eigenvalue weighted by molar-refractivity contribution is 8.18. The molecule has 0 unspecified atom stereocenters.